The predicted molar refractivity (Wildman–Crippen MR) is 87.6 cm³/mol. The SMILES string of the molecule is O=C1NCc2c(OC(=O)C3(c4cccnc4)CCCC3)cccc21. The number of carbonyl (C=O) groups excluding carboxylic acids is 2. The first kappa shape index (κ1) is 14.9. The van der Waals surface area contributed by atoms with Crippen LogP contribution in [0.1, 0.15) is 47.2 Å². The van der Waals surface area contributed by atoms with Crippen LogP contribution < -0.4 is 10.1 Å². The highest BCUT2D eigenvalue weighted by atomic mass is 16.5. The van der Waals surface area contributed by atoms with Crippen LogP contribution in [-0.4, -0.2) is 16.9 Å². The van der Waals surface area contributed by atoms with Crippen molar-refractivity contribution < 1.29 is 14.3 Å². The van der Waals surface area contributed by atoms with Crippen molar-refractivity contribution >= 4 is 11.9 Å². The number of rotatable bonds is 3. The maximum Gasteiger partial charge on any atom is 0.322 e. The minimum Gasteiger partial charge on any atom is -0.425 e. The molecule has 1 fully saturated rings. The Hall–Kier alpha value is -2.69. The molecule has 5 nitrogen and oxygen atoms in total. The van der Waals surface area contributed by atoms with E-state index in [4.69, 9.17) is 4.74 Å². The van der Waals surface area contributed by atoms with Crippen LogP contribution in [-0.2, 0) is 16.8 Å². The Labute approximate surface area is 140 Å². The van der Waals surface area contributed by atoms with Gasteiger partial charge in [0.25, 0.3) is 5.91 Å². The minimum absolute atomic E-state index is 0.120. The van der Waals surface area contributed by atoms with Gasteiger partial charge in [-0.2, -0.15) is 0 Å². The van der Waals surface area contributed by atoms with Crippen LogP contribution in [0.5, 0.6) is 5.75 Å². The first-order valence-corrected chi connectivity index (χ1v) is 8.24. The van der Waals surface area contributed by atoms with Gasteiger partial charge in [-0.15, -0.1) is 0 Å². The van der Waals surface area contributed by atoms with E-state index in [-0.39, 0.29) is 11.9 Å². The number of amides is 1. The fraction of sp³-hybridized carbons (Fsp3) is 0.316. The van der Waals surface area contributed by atoms with Crippen LogP contribution in [0.25, 0.3) is 0 Å². The van der Waals surface area contributed by atoms with Crippen LogP contribution in [0.3, 0.4) is 0 Å². The lowest BCUT2D eigenvalue weighted by atomic mass is 9.80. The van der Waals surface area contributed by atoms with Gasteiger partial charge in [0.1, 0.15) is 5.75 Å². The van der Waals surface area contributed by atoms with E-state index in [1.807, 2.05) is 12.1 Å². The summed E-state index contributed by atoms with van der Waals surface area (Å²) in [5, 5.41) is 2.77. The summed E-state index contributed by atoms with van der Waals surface area (Å²) >= 11 is 0. The molecule has 0 spiro atoms. The number of esters is 1. The molecule has 1 saturated carbocycles. The summed E-state index contributed by atoms with van der Waals surface area (Å²) in [5.41, 5.74) is 1.62. The summed E-state index contributed by atoms with van der Waals surface area (Å²) in [7, 11) is 0. The molecule has 1 aromatic heterocycles. The van der Waals surface area contributed by atoms with Gasteiger partial charge in [-0.3, -0.25) is 14.6 Å². The van der Waals surface area contributed by atoms with Crippen LogP contribution in [0.15, 0.2) is 42.7 Å². The number of hydrogen-bond donors (Lipinski definition) is 1. The van der Waals surface area contributed by atoms with Crippen molar-refractivity contribution in [2.45, 2.75) is 37.6 Å². The molecule has 2 heterocycles. The van der Waals surface area contributed by atoms with Crippen LogP contribution in [0.4, 0.5) is 0 Å². The number of pyridine rings is 1. The van der Waals surface area contributed by atoms with Gasteiger partial charge in [0, 0.05) is 30.1 Å². The smallest absolute Gasteiger partial charge is 0.322 e. The topological polar surface area (TPSA) is 68.3 Å². The Morgan fingerprint density at radius 1 is 1.17 bits per heavy atom. The molecule has 2 aromatic rings. The van der Waals surface area contributed by atoms with Gasteiger partial charge in [-0.05, 0) is 36.6 Å². The zero-order valence-electron chi connectivity index (χ0n) is 13.2. The molecule has 2 aliphatic rings. The highest BCUT2D eigenvalue weighted by Crippen LogP contribution is 2.42. The number of benzene rings is 1. The zero-order valence-corrected chi connectivity index (χ0v) is 13.2. The number of nitrogens with zero attached hydrogens (tertiary/aromatic N) is 1. The molecule has 0 saturated heterocycles. The molecule has 4 rings (SSSR count). The Morgan fingerprint density at radius 3 is 2.75 bits per heavy atom. The summed E-state index contributed by atoms with van der Waals surface area (Å²) in [6.45, 7) is 0.400. The fourth-order valence-electron chi connectivity index (χ4n) is 3.75. The fourth-order valence-corrected chi connectivity index (χ4v) is 3.75. The molecule has 122 valence electrons. The van der Waals surface area contributed by atoms with Crippen molar-refractivity contribution in [2.75, 3.05) is 0 Å². The van der Waals surface area contributed by atoms with Crippen molar-refractivity contribution in [1.29, 1.82) is 0 Å². The Bertz CT molecular complexity index is 796. The molecule has 1 aliphatic carbocycles. The second kappa shape index (κ2) is 5.74. The molecule has 1 aromatic carbocycles. The molecule has 0 atom stereocenters. The van der Waals surface area contributed by atoms with E-state index in [1.165, 1.54) is 0 Å². The van der Waals surface area contributed by atoms with E-state index in [0.717, 1.165) is 36.8 Å². The number of nitrogens with one attached hydrogen (secondary N) is 1. The Kier molecular flexibility index (Phi) is 3.56. The molecule has 0 bridgehead atoms. The number of ether oxygens (including phenoxy) is 1. The van der Waals surface area contributed by atoms with E-state index in [1.54, 1.807) is 30.6 Å². The van der Waals surface area contributed by atoms with Gasteiger partial charge in [-0.25, -0.2) is 0 Å². The van der Waals surface area contributed by atoms with Crippen molar-refractivity contribution in [1.82, 2.24) is 10.3 Å². The van der Waals surface area contributed by atoms with Crippen molar-refractivity contribution in [3.8, 4) is 5.75 Å². The third kappa shape index (κ3) is 2.28. The highest BCUT2D eigenvalue weighted by Gasteiger charge is 2.45. The Balaban J connectivity index is 1.68. The third-order valence-electron chi connectivity index (χ3n) is 5.07. The number of carbonyl (C=O) groups is 2. The summed E-state index contributed by atoms with van der Waals surface area (Å²) < 4.78 is 5.79. The highest BCUT2D eigenvalue weighted by molar-refractivity contribution is 5.99. The first-order valence-electron chi connectivity index (χ1n) is 8.24. The molecule has 0 unspecified atom stereocenters. The van der Waals surface area contributed by atoms with Gasteiger partial charge in [0.05, 0.1) is 5.41 Å². The molecule has 1 N–H and O–H groups in total. The molecule has 1 aliphatic heterocycles. The van der Waals surface area contributed by atoms with E-state index in [2.05, 4.69) is 10.3 Å². The van der Waals surface area contributed by atoms with E-state index >= 15 is 0 Å². The molecular weight excluding hydrogens is 304 g/mol. The quantitative estimate of drug-likeness (QED) is 0.697. The minimum atomic E-state index is -0.632. The Morgan fingerprint density at radius 2 is 2.00 bits per heavy atom. The van der Waals surface area contributed by atoms with Gasteiger partial charge < -0.3 is 10.1 Å². The van der Waals surface area contributed by atoms with E-state index in [9.17, 15) is 9.59 Å². The zero-order chi connectivity index (χ0) is 16.6. The summed E-state index contributed by atoms with van der Waals surface area (Å²) in [5.74, 6) is 0.109. The summed E-state index contributed by atoms with van der Waals surface area (Å²) in [6, 6.07) is 9.05. The second-order valence-corrected chi connectivity index (χ2v) is 6.39. The monoisotopic (exact) mass is 322 g/mol. The molecular formula is C19H18N2O3. The summed E-state index contributed by atoms with van der Waals surface area (Å²) in [4.78, 5) is 29.0. The maximum atomic E-state index is 13.1. The second-order valence-electron chi connectivity index (χ2n) is 6.39. The molecule has 24 heavy (non-hydrogen) atoms. The van der Waals surface area contributed by atoms with Crippen molar-refractivity contribution in [3.05, 3.63) is 59.4 Å². The lowest BCUT2D eigenvalue weighted by molar-refractivity contribution is -0.140. The number of aromatic nitrogens is 1. The predicted octanol–water partition coefficient (Wildman–Crippen LogP) is 2.74. The van der Waals surface area contributed by atoms with E-state index in [0.29, 0.717) is 17.9 Å². The van der Waals surface area contributed by atoms with Gasteiger partial charge in [0.15, 0.2) is 0 Å². The largest absolute Gasteiger partial charge is 0.425 e. The lowest BCUT2D eigenvalue weighted by Crippen LogP contribution is -2.37. The normalized spacial score (nSPS) is 18.1. The standard InChI is InChI=1S/C19H18N2O3/c22-17-14-6-3-7-16(15(14)12-21-17)24-18(23)19(8-1-2-9-19)13-5-4-10-20-11-13/h3-7,10-11H,1-2,8-9,12H2,(H,21,22). The van der Waals surface area contributed by atoms with Crippen molar-refractivity contribution in [3.63, 3.8) is 0 Å². The van der Waals surface area contributed by atoms with E-state index < -0.39 is 5.41 Å². The maximum absolute atomic E-state index is 13.1. The molecule has 5 heteroatoms. The van der Waals surface area contributed by atoms with Crippen LogP contribution in [0.2, 0.25) is 0 Å². The van der Waals surface area contributed by atoms with Crippen LogP contribution in [0, 0.1) is 0 Å². The van der Waals surface area contributed by atoms with Crippen LogP contribution >= 0.6 is 0 Å². The van der Waals surface area contributed by atoms with Gasteiger partial charge in [-0.1, -0.05) is 25.0 Å². The van der Waals surface area contributed by atoms with Gasteiger partial charge in [0.2, 0.25) is 0 Å². The molecule has 0 radical (unpaired) electrons. The first-order chi connectivity index (χ1) is 11.7. The van der Waals surface area contributed by atoms with Crippen molar-refractivity contribution in [2.24, 2.45) is 0 Å². The summed E-state index contributed by atoms with van der Waals surface area (Å²) in [6.07, 6.45) is 6.99. The average molecular weight is 322 g/mol. The van der Waals surface area contributed by atoms with Gasteiger partial charge >= 0.3 is 5.97 Å². The average Bonchev–Trinajstić information content (AvgIpc) is 3.25. The molecule has 1 amide bonds. The number of fused-ring (bicyclic) bond motifs is 1. The number of hydrogen-bond acceptors (Lipinski definition) is 4. The third-order valence-corrected chi connectivity index (χ3v) is 5.07. The lowest BCUT2D eigenvalue weighted by Gasteiger charge is -2.27.